The van der Waals surface area contributed by atoms with Crippen molar-refractivity contribution in [3.05, 3.63) is 34.6 Å². The van der Waals surface area contributed by atoms with Gasteiger partial charge in [0.1, 0.15) is 12.1 Å². The zero-order chi connectivity index (χ0) is 15.2. The molecule has 1 unspecified atom stereocenters. The highest BCUT2D eigenvalue weighted by Crippen LogP contribution is 2.24. The number of non-ortho nitro benzene ring substituents is 1. The molecular weight excluding hydrogens is 272 g/mol. The summed E-state index contributed by atoms with van der Waals surface area (Å²) in [6, 6.07) is 4.52. The van der Waals surface area contributed by atoms with Gasteiger partial charge >= 0.3 is 0 Å². The first-order valence-corrected chi connectivity index (χ1v) is 6.89. The van der Waals surface area contributed by atoms with Gasteiger partial charge in [-0.1, -0.05) is 13.3 Å². The first kappa shape index (κ1) is 15.1. The van der Waals surface area contributed by atoms with Gasteiger partial charge in [0, 0.05) is 30.7 Å². The van der Waals surface area contributed by atoms with E-state index in [0.29, 0.717) is 35.6 Å². The molecule has 7 heteroatoms. The Labute approximate surface area is 122 Å². The van der Waals surface area contributed by atoms with Crippen molar-refractivity contribution in [2.75, 3.05) is 18.5 Å². The average molecular weight is 290 g/mol. The summed E-state index contributed by atoms with van der Waals surface area (Å²) in [6.07, 6.45) is 3.09. The van der Waals surface area contributed by atoms with E-state index >= 15 is 0 Å². The minimum atomic E-state index is -0.434. The van der Waals surface area contributed by atoms with Crippen molar-refractivity contribution in [2.45, 2.75) is 19.8 Å². The number of aromatic nitrogens is 2. The average Bonchev–Trinajstić information content (AvgIpc) is 2.50. The number of benzene rings is 1. The van der Waals surface area contributed by atoms with Crippen molar-refractivity contribution >= 4 is 22.4 Å². The molecule has 0 spiro atoms. The van der Waals surface area contributed by atoms with Gasteiger partial charge in [-0.25, -0.2) is 9.97 Å². The maximum atomic E-state index is 10.9. The molecule has 2 aromatic rings. The number of rotatable bonds is 7. The number of fused-ring (bicyclic) bond motifs is 1. The minimum absolute atomic E-state index is 0.0164. The van der Waals surface area contributed by atoms with Crippen molar-refractivity contribution < 1.29 is 10.0 Å². The molecule has 2 rings (SSSR count). The van der Waals surface area contributed by atoms with Crippen molar-refractivity contribution in [1.82, 2.24) is 9.97 Å². The maximum absolute atomic E-state index is 10.9. The molecule has 1 atom stereocenters. The molecule has 1 heterocycles. The molecule has 0 saturated heterocycles. The number of hydrogen-bond donors (Lipinski definition) is 2. The number of hydrogen-bond acceptors (Lipinski definition) is 6. The van der Waals surface area contributed by atoms with E-state index in [2.05, 4.69) is 22.2 Å². The Hall–Kier alpha value is -2.28. The van der Waals surface area contributed by atoms with Crippen LogP contribution in [0.15, 0.2) is 24.5 Å². The van der Waals surface area contributed by atoms with Crippen LogP contribution < -0.4 is 5.32 Å². The van der Waals surface area contributed by atoms with E-state index < -0.39 is 4.92 Å². The Kier molecular flexibility index (Phi) is 4.99. The highest BCUT2D eigenvalue weighted by molar-refractivity contribution is 5.90. The predicted octanol–water partition coefficient (Wildman–Crippen LogP) is 2.36. The van der Waals surface area contributed by atoms with Gasteiger partial charge < -0.3 is 10.4 Å². The van der Waals surface area contributed by atoms with Gasteiger partial charge in [-0.2, -0.15) is 0 Å². The Bertz CT molecular complexity index is 633. The van der Waals surface area contributed by atoms with Crippen molar-refractivity contribution in [3.8, 4) is 0 Å². The van der Waals surface area contributed by atoms with Crippen LogP contribution in [0.4, 0.5) is 11.5 Å². The normalized spacial score (nSPS) is 12.3. The summed E-state index contributed by atoms with van der Waals surface area (Å²) in [7, 11) is 0. The van der Waals surface area contributed by atoms with Crippen LogP contribution in [0, 0.1) is 16.0 Å². The third-order valence-electron chi connectivity index (χ3n) is 3.50. The van der Waals surface area contributed by atoms with Crippen molar-refractivity contribution in [3.63, 3.8) is 0 Å². The fourth-order valence-corrected chi connectivity index (χ4v) is 2.17. The molecule has 1 aromatic heterocycles. The zero-order valence-corrected chi connectivity index (χ0v) is 11.8. The topological polar surface area (TPSA) is 101 Å². The molecule has 0 bridgehead atoms. The van der Waals surface area contributed by atoms with Gasteiger partial charge in [0.15, 0.2) is 0 Å². The second kappa shape index (κ2) is 6.94. The second-order valence-corrected chi connectivity index (χ2v) is 4.85. The van der Waals surface area contributed by atoms with Crippen LogP contribution in [0.25, 0.3) is 10.9 Å². The van der Waals surface area contributed by atoms with Crippen LogP contribution in [-0.2, 0) is 0 Å². The Morgan fingerprint density at radius 2 is 2.24 bits per heavy atom. The van der Waals surface area contributed by atoms with Gasteiger partial charge in [-0.05, 0) is 18.4 Å². The Morgan fingerprint density at radius 1 is 1.43 bits per heavy atom. The monoisotopic (exact) mass is 290 g/mol. The molecule has 0 fully saturated rings. The molecular formula is C14H18N4O3. The van der Waals surface area contributed by atoms with E-state index in [1.165, 1.54) is 18.5 Å². The van der Waals surface area contributed by atoms with Crippen LogP contribution in [0.2, 0.25) is 0 Å². The largest absolute Gasteiger partial charge is 0.396 e. The number of aliphatic hydroxyl groups is 1. The summed E-state index contributed by atoms with van der Waals surface area (Å²) in [5, 5.41) is 23.7. The number of nitrogens with one attached hydrogen (secondary N) is 1. The molecule has 112 valence electrons. The first-order valence-electron chi connectivity index (χ1n) is 6.89. The lowest BCUT2D eigenvalue weighted by Crippen LogP contribution is -2.16. The molecule has 0 radical (unpaired) electrons. The van der Waals surface area contributed by atoms with Crippen LogP contribution in [-0.4, -0.2) is 33.1 Å². The zero-order valence-electron chi connectivity index (χ0n) is 11.8. The molecule has 0 amide bonds. The van der Waals surface area contributed by atoms with Crippen LogP contribution in [0.5, 0.6) is 0 Å². The minimum Gasteiger partial charge on any atom is -0.396 e. The summed E-state index contributed by atoms with van der Waals surface area (Å²) >= 11 is 0. The second-order valence-electron chi connectivity index (χ2n) is 4.85. The third kappa shape index (κ3) is 3.63. The van der Waals surface area contributed by atoms with E-state index in [-0.39, 0.29) is 12.3 Å². The highest BCUT2D eigenvalue weighted by atomic mass is 16.6. The molecule has 0 aliphatic carbocycles. The van der Waals surface area contributed by atoms with E-state index in [4.69, 9.17) is 5.11 Å². The van der Waals surface area contributed by atoms with Gasteiger partial charge in [-0.15, -0.1) is 0 Å². The number of aliphatic hydroxyl groups excluding tert-OH is 1. The third-order valence-corrected chi connectivity index (χ3v) is 3.50. The lowest BCUT2D eigenvalue weighted by atomic mass is 10.0. The van der Waals surface area contributed by atoms with Crippen LogP contribution >= 0.6 is 0 Å². The van der Waals surface area contributed by atoms with E-state index in [0.717, 1.165) is 6.42 Å². The number of nitro benzene ring substituents is 1. The Balaban J connectivity index is 2.26. The number of nitro groups is 1. The summed E-state index contributed by atoms with van der Waals surface area (Å²) in [4.78, 5) is 18.7. The standard InChI is InChI=1S/C14H18N4O3/c1-2-10(5-6-19)8-15-14-12-7-11(18(20)21)3-4-13(12)16-9-17-14/h3-4,7,9-10,19H,2,5-6,8H2,1H3,(H,15,16,17). The molecule has 21 heavy (non-hydrogen) atoms. The lowest BCUT2D eigenvalue weighted by Gasteiger charge is -2.15. The summed E-state index contributed by atoms with van der Waals surface area (Å²) in [6.45, 7) is 2.87. The van der Waals surface area contributed by atoms with Gasteiger partial charge in [0.25, 0.3) is 5.69 Å². The summed E-state index contributed by atoms with van der Waals surface area (Å²) < 4.78 is 0. The van der Waals surface area contributed by atoms with Crippen molar-refractivity contribution in [2.24, 2.45) is 5.92 Å². The quantitative estimate of drug-likeness (QED) is 0.599. The lowest BCUT2D eigenvalue weighted by molar-refractivity contribution is -0.384. The SMILES string of the molecule is CCC(CCO)CNc1ncnc2ccc([N+](=O)[O-])cc12. The highest BCUT2D eigenvalue weighted by Gasteiger charge is 2.12. The smallest absolute Gasteiger partial charge is 0.270 e. The molecule has 1 aromatic carbocycles. The van der Waals surface area contributed by atoms with E-state index in [9.17, 15) is 10.1 Å². The molecule has 0 aliphatic heterocycles. The predicted molar refractivity (Wildman–Crippen MR) is 80.2 cm³/mol. The first-order chi connectivity index (χ1) is 10.2. The van der Waals surface area contributed by atoms with E-state index in [1.54, 1.807) is 6.07 Å². The number of nitrogens with zero attached hydrogens (tertiary/aromatic N) is 3. The van der Waals surface area contributed by atoms with Gasteiger partial charge in [0.2, 0.25) is 0 Å². The van der Waals surface area contributed by atoms with Crippen LogP contribution in [0.3, 0.4) is 0 Å². The maximum Gasteiger partial charge on any atom is 0.270 e. The Morgan fingerprint density at radius 3 is 2.90 bits per heavy atom. The van der Waals surface area contributed by atoms with Gasteiger partial charge in [-0.3, -0.25) is 10.1 Å². The molecule has 2 N–H and O–H groups in total. The number of anilines is 1. The fourth-order valence-electron chi connectivity index (χ4n) is 2.17. The summed E-state index contributed by atoms with van der Waals surface area (Å²) in [5.74, 6) is 0.916. The van der Waals surface area contributed by atoms with Crippen molar-refractivity contribution in [1.29, 1.82) is 0 Å². The summed E-state index contributed by atoms with van der Waals surface area (Å²) in [5.41, 5.74) is 0.677. The fraction of sp³-hybridized carbons (Fsp3) is 0.429. The van der Waals surface area contributed by atoms with Crippen LogP contribution in [0.1, 0.15) is 19.8 Å². The van der Waals surface area contributed by atoms with Gasteiger partial charge in [0.05, 0.1) is 10.4 Å². The molecule has 0 aliphatic rings. The van der Waals surface area contributed by atoms with E-state index in [1.807, 2.05) is 0 Å². The molecule has 0 saturated carbocycles. The molecule has 7 nitrogen and oxygen atoms in total.